The van der Waals surface area contributed by atoms with E-state index < -0.39 is 0 Å². The molecule has 0 saturated heterocycles. The van der Waals surface area contributed by atoms with Crippen LogP contribution in [0.4, 0.5) is 0 Å². The maximum atomic E-state index is 8.71. The zero-order valence-corrected chi connectivity index (χ0v) is 13.2. The summed E-state index contributed by atoms with van der Waals surface area (Å²) >= 11 is 6.25. The normalized spacial score (nSPS) is 23.1. The highest BCUT2D eigenvalue weighted by Gasteiger charge is 2.21. The van der Waals surface area contributed by atoms with Gasteiger partial charge in [-0.15, -0.1) is 0 Å². The van der Waals surface area contributed by atoms with Crippen molar-refractivity contribution in [2.24, 2.45) is 22.7 Å². The van der Waals surface area contributed by atoms with Gasteiger partial charge < -0.3 is 15.5 Å². The molecule has 2 aromatic rings. The van der Waals surface area contributed by atoms with Crippen LogP contribution in [0.3, 0.4) is 0 Å². The summed E-state index contributed by atoms with van der Waals surface area (Å²) in [6.07, 6.45) is 6.73. The summed E-state index contributed by atoms with van der Waals surface area (Å²) in [6.45, 7) is 3.18. The Morgan fingerprint density at radius 1 is 1.41 bits per heavy atom. The third kappa shape index (κ3) is 2.85. The highest BCUT2D eigenvalue weighted by atomic mass is 35.5. The molecule has 1 aliphatic rings. The van der Waals surface area contributed by atoms with Crippen molar-refractivity contribution in [3.8, 4) is 0 Å². The number of hydrogen-bond donors (Lipinski definition) is 2. The van der Waals surface area contributed by atoms with Crippen molar-refractivity contribution >= 4 is 28.6 Å². The number of hydrogen-bond acceptors (Lipinski definition) is 5. The van der Waals surface area contributed by atoms with Gasteiger partial charge in [-0.2, -0.15) is 0 Å². The van der Waals surface area contributed by atoms with E-state index in [-0.39, 0.29) is 16.8 Å². The van der Waals surface area contributed by atoms with Crippen molar-refractivity contribution in [2.45, 2.75) is 39.2 Å². The van der Waals surface area contributed by atoms with Gasteiger partial charge in [0.05, 0.1) is 6.33 Å². The first kappa shape index (κ1) is 15.0. The highest BCUT2D eigenvalue weighted by molar-refractivity contribution is 6.33. The van der Waals surface area contributed by atoms with Gasteiger partial charge in [0.1, 0.15) is 5.52 Å². The van der Waals surface area contributed by atoms with E-state index in [1.807, 2.05) is 4.57 Å². The van der Waals surface area contributed by atoms with Crippen molar-refractivity contribution in [2.75, 3.05) is 0 Å². The Labute approximate surface area is 133 Å². The molecule has 2 aromatic heterocycles. The summed E-state index contributed by atoms with van der Waals surface area (Å²) in [5.41, 5.74) is 6.67. The Morgan fingerprint density at radius 3 is 2.82 bits per heavy atom. The molecular weight excluding hydrogens is 304 g/mol. The molecule has 0 spiro atoms. The van der Waals surface area contributed by atoms with E-state index >= 15 is 0 Å². The molecule has 8 heteroatoms. The second kappa shape index (κ2) is 6.08. The van der Waals surface area contributed by atoms with Crippen LogP contribution >= 0.6 is 11.6 Å². The first-order valence-corrected chi connectivity index (χ1v) is 7.82. The summed E-state index contributed by atoms with van der Waals surface area (Å²) in [6, 6.07) is 0. The molecule has 0 radical (unpaired) electrons. The maximum Gasteiger partial charge on any atom is 0.208 e. The average molecular weight is 323 g/mol. The van der Waals surface area contributed by atoms with Gasteiger partial charge in [-0.05, 0) is 24.7 Å². The second-order valence-corrected chi connectivity index (χ2v) is 6.38. The third-order valence-corrected chi connectivity index (χ3v) is 4.62. The lowest BCUT2D eigenvalue weighted by atomic mass is 9.83. The third-order valence-electron chi connectivity index (χ3n) is 4.36. The highest BCUT2D eigenvalue weighted by Crippen LogP contribution is 2.30. The van der Waals surface area contributed by atoms with Crippen molar-refractivity contribution < 1.29 is 5.21 Å². The molecule has 1 saturated carbocycles. The van der Waals surface area contributed by atoms with Crippen molar-refractivity contribution in [3.63, 3.8) is 0 Å². The van der Waals surface area contributed by atoms with Gasteiger partial charge in [0.2, 0.25) is 11.7 Å². The van der Waals surface area contributed by atoms with Crippen LogP contribution in [0.15, 0.2) is 11.5 Å². The Morgan fingerprint density at radius 2 is 2.14 bits per heavy atom. The number of nitrogens with zero attached hydrogens (tertiary/aromatic N) is 5. The topological polar surface area (TPSA) is 102 Å². The van der Waals surface area contributed by atoms with Crippen LogP contribution < -0.4 is 5.73 Å². The minimum absolute atomic E-state index is 0.0803. The summed E-state index contributed by atoms with van der Waals surface area (Å²) in [5.74, 6) is 1.36. The number of aromatic nitrogens is 4. The van der Waals surface area contributed by atoms with Crippen molar-refractivity contribution in [3.05, 3.63) is 17.3 Å². The summed E-state index contributed by atoms with van der Waals surface area (Å²) in [7, 11) is 0. The van der Waals surface area contributed by atoms with Gasteiger partial charge in [-0.1, -0.05) is 36.5 Å². The van der Waals surface area contributed by atoms with E-state index in [1.54, 1.807) is 6.33 Å². The van der Waals surface area contributed by atoms with Crippen LogP contribution in [0, 0.1) is 11.8 Å². The number of imidazole rings is 1. The van der Waals surface area contributed by atoms with Crippen LogP contribution in [0.1, 0.15) is 38.4 Å². The first-order valence-electron chi connectivity index (χ1n) is 7.44. The fraction of sp³-hybridized carbons (Fsp3) is 0.571. The molecule has 3 N–H and O–H groups in total. The van der Waals surface area contributed by atoms with E-state index in [1.165, 1.54) is 25.7 Å². The molecule has 3 rings (SSSR count). The van der Waals surface area contributed by atoms with Gasteiger partial charge >= 0.3 is 0 Å². The van der Waals surface area contributed by atoms with Gasteiger partial charge in [0, 0.05) is 6.54 Å². The Bertz CT molecular complexity index is 705. The van der Waals surface area contributed by atoms with E-state index in [0.29, 0.717) is 17.1 Å². The van der Waals surface area contributed by atoms with Gasteiger partial charge in [0.25, 0.3) is 0 Å². The quantitative estimate of drug-likeness (QED) is 0.297. The molecule has 118 valence electrons. The molecule has 1 fully saturated rings. The number of oxime groups is 1. The summed E-state index contributed by atoms with van der Waals surface area (Å²) in [4.78, 5) is 12.5. The maximum absolute atomic E-state index is 8.71. The van der Waals surface area contributed by atoms with E-state index in [0.717, 1.165) is 12.5 Å². The lowest BCUT2D eigenvalue weighted by Crippen LogP contribution is -2.18. The molecule has 22 heavy (non-hydrogen) atoms. The van der Waals surface area contributed by atoms with Crippen LogP contribution in [0.2, 0.25) is 5.15 Å². The molecule has 0 unspecified atom stereocenters. The molecular formula is C14H19ClN6O. The molecule has 7 nitrogen and oxygen atoms in total. The second-order valence-electron chi connectivity index (χ2n) is 6.02. The van der Waals surface area contributed by atoms with Crippen LogP contribution in [0.5, 0.6) is 0 Å². The van der Waals surface area contributed by atoms with Crippen molar-refractivity contribution in [1.82, 2.24) is 19.5 Å². The molecule has 0 amide bonds. The fourth-order valence-corrected chi connectivity index (χ4v) is 3.30. The molecule has 0 atom stereocenters. The first-order chi connectivity index (χ1) is 10.6. The minimum atomic E-state index is -0.181. The van der Waals surface area contributed by atoms with Gasteiger partial charge in [-0.25, -0.2) is 15.0 Å². The smallest absolute Gasteiger partial charge is 0.208 e. The Hall–Kier alpha value is -1.89. The zero-order chi connectivity index (χ0) is 15.7. The van der Waals surface area contributed by atoms with Crippen LogP contribution in [-0.2, 0) is 6.54 Å². The number of rotatable bonds is 3. The molecule has 1 aliphatic carbocycles. The predicted octanol–water partition coefficient (Wildman–Crippen LogP) is 2.40. The SMILES string of the molecule is CC1CCC(Cn2cnc3nc(/C(N)=N/O)nc(Cl)c32)CC1. The largest absolute Gasteiger partial charge is 0.409 e. The molecule has 2 heterocycles. The lowest BCUT2D eigenvalue weighted by Gasteiger charge is -2.26. The van der Waals surface area contributed by atoms with Gasteiger partial charge in [0.15, 0.2) is 10.8 Å². The molecule has 0 bridgehead atoms. The minimum Gasteiger partial charge on any atom is -0.409 e. The zero-order valence-electron chi connectivity index (χ0n) is 12.4. The number of fused-ring (bicyclic) bond motifs is 1. The molecule has 0 aliphatic heterocycles. The monoisotopic (exact) mass is 322 g/mol. The van der Waals surface area contributed by atoms with E-state index in [2.05, 4.69) is 27.0 Å². The van der Waals surface area contributed by atoms with Gasteiger partial charge in [-0.3, -0.25) is 0 Å². The summed E-state index contributed by atoms with van der Waals surface area (Å²) in [5, 5.41) is 11.9. The average Bonchev–Trinajstić information content (AvgIpc) is 2.92. The predicted molar refractivity (Wildman–Crippen MR) is 84.0 cm³/mol. The number of halogens is 1. The van der Waals surface area contributed by atoms with Crippen LogP contribution in [0.25, 0.3) is 11.2 Å². The molecule has 0 aromatic carbocycles. The number of amidine groups is 1. The Balaban J connectivity index is 1.89. The van der Waals surface area contributed by atoms with E-state index in [9.17, 15) is 0 Å². The van der Waals surface area contributed by atoms with Crippen molar-refractivity contribution in [1.29, 1.82) is 0 Å². The van der Waals surface area contributed by atoms with Crippen LogP contribution in [-0.4, -0.2) is 30.6 Å². The Kier molecular flexibility index (Phi) is 4.15. The number of nitrogens with two attached hydrogens (primary N) is 1. The fourth-order valence-electron chi connectivity index (χ4n) is 3.02. The van der Waals surface area contributed by atoms with E-state index in [4.69, 9.17) is 22.5 Å². The standard InChI is InChI=1S/C14H19ClN6O/c1-8-2-4-9(5-3-8)6-21-7-17-13-10(21)11(15)18-14(19-13)12(16)20-22/h7-9,22H,2-6H2,1H3,(H2,16,20). The lowest BCUT2D eigenvalue weighted by molar-refractivity contribution is 0.266. The summed E-state index contributed by atoms with van der Waals surface area (Å²) < 4.78 is 2.01.